The maximum absolute atomic E-state index is 13.6. The molecule has 3 N–H and O–H groups in total. The number of nitrogens with zero attached hydrogens (tertiary/aromatic N) is 4. The van der Waals surface area contributed by atoms with Crippen molar-refractivity contribution in [2.45, 2.75) is 12.8 Å². The van der Waals surface area contributed by atoms with Gasteiger partial charge in [0.1, 0.15) is 17.3 Å². The molecule has 2 aromatic carbocycles. The number of carbonyl (C=O) groups is 1. The summed E-state index contributed by atoms with van der Waals surface area (Å²) in [6, 6.07) is 14.2. The Morgan fingerprint density at radius 3 is 2.66 bits per heavy atom. The van der Waals surface area contributed by atoms with Gasteiger partial charge in [-0.15, -0.1) is 0 Å². The number of halogens is 1. The zero-order valence-corrected chi connectivity index (χ0v) is 19.3. The Labute approximate surface area is 202 Å². The second kappa shape index (κ2) is 10.1. The SMILES string of the molecule is NC(=O)c1ccnc(Oc2ccc(N3CCN(CCCc4c[nH]c5ccc(F)cc45)CC3)cc2)n1. The molecule has 1 aliphatic heterocycles. The Hall–Kier alpha value is -3.98. The number of benzene rings is 2. The summed E-state index contributed by atoms with van der Waals surface area (Å²) in [6.07, 6.45) is 5.40. The highest BCUT2D eigenvalue weighted by molar-refractivity contribution is 5.90. The molecule has 0 bridgehead atoms. The first-order chi connectivity index (χ1) is 17.0. The summed E-state index contributed by atoms with van der Waals surface area (Å²) >= 11 is 0. The predicted molar refractivity (Wildman–Crippen MR) is 132 cm³/mol. The van der Waals surface area contributed by atoms with Gasteiger partial charge in [-0.25, -0.2) is 9.37 Å². The zero-order chi connectivity index (χ0) is 24.2. The maximum Gasteiger partial charge on any atom is 0.322 e. The van der Waals surface area contributed by atoms with Crippen LogP contribution in [0.3, 0.4) is 0 Å². The molecule has 0 atom stereocenters. The van der Waals surface area contributed by atoms with E-state index in [0.29, 0.717) is 5.75 Å². The quantitative estimate of drug-likeness (QED) is 0.404. The summed E-state index contributed by atoms with van der Waals surface area (Å²) in [5, 5.41) is 0.981. The van der Waals surface area contributed by atoms with Crippen LogP contribution in [0.4, 0.5) is 10.1 Å². The van der Waals surface area contributed by atoms with Crippen LogP contribution >= 0.6 is 0 Å². The highest BCUT2D eigenvalue weighted by atomic mass is 19.1. The van der Waals surface area contributed by atoms with E-state index in [0.717, 1.165) is 62.2 Å². The van der Waals surface area contributed by atoms with Crippen molar-refractivity contribution in [2.75, 3.05) is 37.6 Å². The molecule has 8 nitrogen and oxygen atoms in total. The Bertz CT molecular complexity index is 1320. The number of amides is 1. The number of rotatable bonds is 8. The molecule has 1 amide bonds. The van der Waals surface area contributed by atoms with Gasteiger partial charge in [-0.2, -0.15) is 4.98 Å². The molecule has 180 valence electrons. The second-order valence-electron chi connectivity index (χ2n) is 8.62. The van der Waals surface area contributed by atoms with Crippen LogP contribution in [0.1, 0.15) is 22.5 Å². The topological polar surface area (TPSA) is 100 Å². The number of hydrogen-bond donors (Lipinski definition) is 2. The van der Waals surface area contributed by atoms with Crippen molar-refractivity contribution < 1.29 is 13.9 Å². The number of anilines is 1. The average Bonchev–Trinajstić information content (AvgIpc) is 3.27. The number of piperazine rings is 1. The van der Waals surface area contributed by atoms with E-state index in [1.165, 1.54) is 23.9 Å². The smallest absolute Gasteiger partial charge is 0.322 e. The minimum Gasteiger partial charge on any atom is -0.424 e. The molecular formula is C26H27FN6O2. The Morgan fingerprint density at radius 2 is 1.89 bits per heavy atom. The lowest BCUT2D eigenvalue weighted by Crippen LogP contribution is -2.46. The number of aryl methyl sites for hydroxylation is 1. The van der Waals surface area contributed by atoms with E-state index in [-0.39, 0.29) is 17.5 Å². The van der Waals surface area contributed by atoms with Crippen LogP contribution < -0.4 is 15.4 Å². The number of hydrogen-bond acceptors (Lipinski definition) is 6. The molecule has 1 aliphatic rings. The molecule has 5 rings (SSSR count). The van der Waals surface area contributed by atoms with Gasteiger partial charge in [0.15, 0.2) is 0 Å². The van der Waals surface area contributed by atoms with Crippen molar-refractivity contribution in [1.82, 2.24) is 19.9 Å². The van der Waals surface area contributed by atoms with Crippen LogP contribution in [-0.4, -0.2) is 58.5 Å². The largest absolute Gasteiger partial charge is 0.424 e. The molecule has 2 aromatic heterocycles. The zero-order valence-electron chi connectivity index (χ0n) is 19.3. The minimum absolute atomic E-state index is 0.0837. The number of nitrogens with two attached hydrogens (primary N) is 1. The van der Waals surface area contributed by atoms with Gasteiger partial charge in [0.05, 0.1) is 0 Å². The van der Waals surface area contributed by atoms with Gasteiger partial charge in [0, 0.05) is 55.2 Å². The van der Waals surface area contributed by atoms with Gasteiger partial charge < -0.3 is 20.4 Å². The molecule has 0 radical (unpaired) electrons. The third-order valence-corrected chi connectivity index (χ3v) is 6.32. The molecule has 1 fully saturated rings. The van der Waals surface area contributed by atoms with E-state index in [4.69, 9.17) is 10.5 Å². The van der Waals surface area contributed by atoms with E-state index in [2.05, 4.69) is 24.8 Å². The summed E-state index contributed by atoms with van der Waals surface area (Å²) in [4.78, 5) is 27.4. The van der Waals surface area contributed by atoms with Gasteiger partial charge in [-0.05, 0) is 73.5 Å². The van der Waals surface area contributed by atoms with Gasteiger partial charge >= 0.3 is 6.01 Å². The van der Waals surface area contributed by atoms with Crippen molar-refractivity contribution in [3.63, 3.8) is 0 Å². The maximum atomic E-state index is 13.6. The van der Waals surface area contributed by atoms with Crippen LogP contribution in [0.25, 0.3) is 10.9 Å². The second-order valence-corrected chi connectivity index (χ2v) is 8.62. The monoisotopic (exact) mass is 474 g/mol. The van der Waals surface area contributed by atoms with Gasteiger partial charge in [-0.3, -0.25) is 9.69 Å². The van der Waals surface area contributed by atoms with Crippen LogP contribution in [0.15, 0.2) is 60.9 Å². The van der Waals surface area contributed by atoms with Crippen molar-refractivity contribution in [3.8, 4) is 11.8 Å². The van der Waals surface area contributed by atoms with Crippen molar-refractivity contribution in [1.29, 1.82) is 0 Å². The first-order valence-electron chi connectivity index (χ1n) is 11.7. The van der Waals surface area contributed by atoms with Crippen molar-refractivity contribution in [3.05, 3.63) is 78.0 Å². The highest BCUT2D eigenvalue weighted by Crippen LogP contribution is 2.24. The Balaban J connectivity index is 1.09. The molecular weight excluding hydrogens is 447 g/mol. The molecule has 9 heteroatoms. The average molecular weight is 475 g/mol. The number of carbonyl (C=O) groups excluding carboxylic acids is 1. The number of nitrogens with one attached hydrogen (secondary N) is 1. The molecule has 3 heterocycles. The van der Waals surface area contributed by atoms with Gasteiger partial charge in [0.25, 0.3) is 5.91 Å². The highest BCUT2D eigenvalue weighted by Gasteiger charge is 2.17. The molecule has 0 saturated carbocycles. The number of H-pyrrole nitrogens is 1. The summed E-state index contributed by atoms with van der Waals surface area (Å²) < 4.78 is 19.2. The molecule has 0 aliphatic carbocycles. The van der Waals surface area contributed by atoms with Crippen LogP contribution in [0, 0.1) is 5.82 Å². The summed E-state index contributed by atoms with van der Waals surface area (Å²) in [5.41, 5.74) is 8.65. The molecule has 35 heavy (non-hydrogen) atoms. The number of fused-ring (bicyclic) bond motifs is 1. The van der Waals surface area contributed by atoms with Gasteiger partial charge in [0.2, 0.25) is 0 Å². The Kier molecular flexibility index (Phi) is 6.58. The van der Waals surface area contributed by atoms with Crippen molar-refractivity contribution in [2.24, 2.45) is 5.73 Å². The number of primary amides is 1. The summed E-state index contributed by atoms with van der Waals surface area (Å²) in [6.45, 7) is 4.90. The fourth-order valence-corrected chi connectivity index (χ4v) is 4.44. The minimum atomic E-state index is -0.625. The van der Waals surface area contributed by atoms with Gasteiger partial charge in [-0.1, -0.05) is 0 Å². The van der Waals surface area contributed by atoms with E-state index in [1.54, 1.807) is 12.1 Å². The van der Waals surface area contributed by atoms with Crippen LogP contribution in [0.5, 0.6) is 11.8 Å². The van der Waals surface area contributed by atoms with Crippen LogP contribution in [-0.2, 0) is 6.42 Å². The third-order valence-electron chi connectivity index (χ3n) is 6.32. The normalized spacial score (nSPS) is 14.4. The van der Waals surface area contributed by atoms with E-state index in [1.807, 2.05) is 30.5 Å². The Morgan fingerprint density at radius 1 is 1.09 bits per heavy atom. The van der Waals surface area contributed by atoms with E-state index >= 15 is 0 Å². The van der Waals surface area contributed by atoms with Crippen molar-refractivity contribution >= 4 is 22.5 Å². The number of aromatic amines is 1. The fraction of sp³-hybridized carbons (Fsp3) is 0.269. The standard InChI is InChI=1S/C26H27FN6O2/c27-19-3-8-23-22(16-19)18(17-30-23)2-1-11-32-12-14-33(15-13-32)20-4-6-21(7-5-20)35-26-29-10-9-24(31-26)25(28)34/h3-10,16-17,30H,1-2,11-15H2,(H2,28,34). The van der Waals surface area contributed by atoms with E-state index < -0.39 is 5.91 Å². The summed E-state index contributed by atoms with van der Waals surface area (Å²) in [7, 11) is 0. The number of aromatic nitrogens is 3. The lowest BCUT2D eigenvalue weighted by atomic mass is 10.1. The molecule has 0 unspecified atom stereocenters. The third kappa shape index (κ3) is 5.41. The van der Waals surface area contributed by atoms with Crippen LogP contribution in [0.2, 0.25) is 0 Å². The molecule has 0 spiro atoms. The summed E-state index contributed by atoms with van der Waals surface area (Å²) in [5.74, 6) is -0.231. The van der Waals surface area contributed by atoms with E-state index in [9.17, 15) is 9.18 Å². The molecule has 4 aromatic rings. The first-order valence-corrected chi connectivity index (χ1v) is 11.7. The molecule has 1 saturated heterocycles. The fourth-order valence-electron chi connectivity index (χ4n) is 4.44. The lowest BCUT2D eigenvalue weighted by molar-refractivity contribution is 0.0994. The number of ether oxygens (including phenoxy) is 1. The first kappa shape index (κ1) is 22.8. The lowest BCUT2D eigenvalue weighted by Gasteiger charge is -2.36. The predicted octanol–water partition coefficient (Wildman–Crippen LogP) is 3.74.